The average Bonchev–Trinajstić information content (AvgIpc) is 2.81. The fourth-order valence-corrected chi connectivity index (χ4v) is 2.07. The van der Waals surface area contributed by atoms with Crippen LogP contribution in [-0.4, -0.2) is 52.7 Å². The summed E-state index contributed by atoms with van der Waals surface area (Å²) in [5, 5.41) is 11.6. The molecule has 2 amide bonds. The van der Waals surface area contributed by atoms with Gasteiger partial charge in [-0.15, -0.1) is 11.5 Å². The molecular weight excluding hydrogens is 300 g/mol. The standard InChI is InChI=1S/C16H20N2O5/c1-6-10-9-18(13(14(20)21)11(10)7-2)12(19)8-17-15(22)23-16(3,4)5/h13H,1-2,8-9H2,3-5H3,(H,17,22)(H,20,21)/t13-/m0/s1. The number of carboxylic acids is 1. The van der Waals surface area contributed by atoms with Crippen LogP contribution in [0.4, 0.5) is 4.79 Å². The van der Waals surface area contributed by atoms with Gasteiger partial charge in [0.15, 0.2) is 6.04 Å². The number of carbonyl (C=O) groups is 3. The zero-order valence-corrected chi connectivity index (χ0v) is 13.4. The van der Waals surface area contributed by atoms with Crippen LogP contribution in [-0.2, 0) is 14.3 Å². The minimum atomic E-state index is -1.22. The number of alkyl carbamates (subject to hydrolysis) is 1. The van der Waals surface area contributed by atoms with E-state index < -0.39 is 29.6 Å². The van der Waals surface area contributed by atoms with Crippen LogP contribution >= 0.6 is 0 Å². The first kappa shape index (κ1) is 18.3. The number of amides is 2. The van der Waals surface area contributed by atoms with E-state index in [9.17, 15) is 19.5 Å². The Morgan fingerprint density at radius 2 is 1.96 bits per heavy atom. The lowest BCUT2D eigenvalue weighted by molar-refractivity contribution is -0.146. The second-order valence-corrected chi connectivity index (χ2v) is 5.86. The summed E-state index contributed by atoms with van der Waals surface area (Å²) in [5.74, 6) is -1.78. The highest BCUT2D eigenvalue weighted by Crippen LogP contribution is 2.27. The molecule has 1 rings (SSSR count). The first-order valence-electron chi connectivity index (χ1n) is 6.89. The van der Waals surface area contributed by atoms with E-state index in [2.05, 4.69) is 29.9 Å². The van der Waals surface area contributed by atoms with Gasteiger partial charge in [-0.1, -0.05) is 13.2 Å². The van der Waals surface area contributed by atoms with E-state index in [0.717, 1.165) is 4.90 Å². The number of aliphatic carboxylic acids is 1. The van der Waals surface area contributed by atoms with E-state index >= 15 is 0 Å². The first-order valence-corrected chi connectivity index (χ1v) is 6.89. The quantitative estimate of drug-likeness (QED) is 0.763. The smallest absolute Gasteiger partial charge is 0.408 e. The van der Waals surface area contributed by atoms with Crippen molar-refractivity contribution in [3.63, 3.8) is 0 Å². The highest BCUT2D eigenvalue weighted by atomic mass is 16.6. The lowest BCUT2D eigenvalue weighted by Gasteiger charge is -2.22. The van der Waals surface area contributed by atoms with Gasteiger partial charge in [0.25, 0.3) is 0 Å². The molecular formula is C16H20N2O5. The summed E-state index contributed by atoms with van der Waals surface area (Å²) in [5.41, 5.74) is 5.10. The minimum Gasteiger partial charge on any atom is -0.479 e. The van der Waals surface area contributed by atoms with Crippen LogP contribution in [0.1, 0.15) is 20.8 Å². The molecule has 7 nitrogen and oxygen atoms in total. The van der Waals surface area contributed by atoms with Crippen molar-refractivity contribution in [1.29, 1.82) is 0 Å². The number of carbonyl (C=O) groups excluding carboxylic acids is 2. The molecule has 1 atom stereocenters. The molecule has 0 bridgehead atoms. The number of nitrogens with zero attached hydrogens (tertiary/aromatic N) is 1. The molecule has 0 aliphatic carbocycles. The summed E-state index contributed by atoms with van der Waals surface area (Å²) in [6.07, 6.45) is -0.754. The van der Waals surface area contributed by atoms with Crippen molar-refractivity contribution in [3.8, 4) is 0 Å². The van der Waals surface area contributed by atoms with Crippen molar-refractivity contribution in [2.75, 3.05) is 13.1 Å². The Morgan fingerprint density at radius 1 is 1.35 bits per heavy atom. The number of ether oxygens (including phenoxy) is 1. The van der Waals surface area contributed by atoms with Gasteiger partial charge >= 0.3 is 12.1 Å². The maximum absolute atomic E-state index is 12.2. The predicted molar refractivity (Wildman–Crippen MR) is 82.7 cm³/mol. The molecule has 7 heteroatoms. The Balaban J connectivity index is 2.83. The molecule has 124 valence electrons. The van der Waals surface area contributed by atoms with Gasteiger partial charge in [-0.3, -0.25) is 4.79 Å². The number of carboxylic acid groups (broad SMARTS) is 1. The van der Waals surface area contributed by atoms with Crippen molar-refractivity contribution >= 4 is 18.0 Å². The molecule has 0 aromatic rings. The Bertz CT molecular complexity index is 631. The average molecular weight is 320 g/mol. The minimum absolute atomic E-state index is 0.0210. The van der Waals surface area contributed by atoms with Crippen LogP contribution < -0.4 is 5.32 Å². The number of rotatable bonds is 3. The molecule has 0 spiro atoms. The zero-order chi connectivity index (χ0) is 17.8. The highest BCUT2D eigenvalue weighted by Gasteiger charge is 2.41. The van der Waals surface area contributed by atoms with Gasteiger partial charge in [-0.2, -0.15) is 0 Å². The molecule has 0 aromatic heterocycles. The lowest BCUT2D eigenvalue weighted by atomic mass is 10.1. The fourth-order valence-electron chi connectivity index (χ4n) is 2.07. The summed E-state index contributed by atoms with van der Waals surface area (Å²) in [7, 11) is 0. The van der Waals surface area contributed by atoms with Gasteiger partial charge in [-0.25, -0.2) is 9.59 Å². The molecule has 23 heavy (non-hydrogen) atoms. The Morgan fingerprint density at radius 3 is 2.39 bits per heavy atom. The Kier molecular flexibility index (Phi) is 5.57. The number of hydrogen-bond acceptors (Lipinski definition) is 4. The van der Waals surface area contributed by atoms with Crippen molar-refractivity contribution in [2.45, 2.75) is 32.4 Å². The van der Waals surface area contributed by atoms with Gasteiger partial charge in [-0.05, 0) is 20.8 Å². The van der Waals surface area contributed by atoms with Crippen LogP contribution in [0.15, 0.2) is 35.8 Å². The number of hydrogen-bond donors (Lipinski definition) is 2. The summed E-state index contributed by atoms with van der Waals surface area (Å²) in [4.78, 5) is 36.3. The normalized spacial score (nSPS) is 17.3. The molecule has 1 aliphatic rings. The van der Waals surface area contributed by atoms with Gasteiger partial charge in [0.2, 0.25) is 5.91 Å². The number of likely N-dealkylation sites (tertiary alicyclic amines) is 1. The summed E-state index contributed by atoms with van der Waals surface area (Å²) in [6.45, 7) is 11.6. The van der Waals surface area contributed by atoms with Crippen LogP contribution in [0.2, 0.25) is 0 Å². The topological polar surface area (TPSA) is 95.9 Å². The summed E-state index contributed by atoms with van der Waals surface area (Å²) < 4.78 is 5.02. The fraction of sp³-hybridized carbons (Fsp3) is 0.438. The van der Waals surface area contributed by atoms with Crippen molar-refractivity contribution in [2.24, 2.45) is 0 Å². The van der Waals surface area contributed by atoms with E-state index in [1.807, 2.05) is 0 Å². The van der Waals surface area contributed by atoms with Crippen LogP contribution in [0, 0.1) is 0 Å². The molecule has 1 fully saturated rings. The molecule has 1 saturated heterocycles. The molecule has 1 aliphatic heterocycles. The van der Waals surface area contributed by atoms with Crippen LogP contribution in [0.5, 0.6) is 0 Å². The second-order valence-electron chi connectivity index (χ2n) is 5.86. The highest BCUT2D eigenvalue weighted by molar-refractivity contribution is 5.91. The summed E-state index contributed by atoms with van der Waals surface area (Å²) in [6, 6.07) is -1.22. The third kappa shape index (κ3) is 4.61. The third-order valence-corrected chi connectivity index (χ3v) is 2.98. The second kappa shape index (κ2) is 7.01. The van der Waals surface area contributed by atoms with Gasteiger partial charge in [0.1, 0.15) is 12.1 Å². The largest absolute Gasteiger partial charge is 0.479 e. The van der Waals surface area contributed by atoms with Crippen LogP contribution in [0.3, 0.4) is 0 Å². The molecule has 2 N–H and O–H groups in total. The zero-order valence-electron chi connectivity index (χ0n) is 13.4. The first-order chi connectivity index (χ1) is 10.6. The maximum atomic E-state index is 12.2. The lowest BCUT2D eigenvalue weighted by Crippen LogP contribution is -2.46. The van der Waals surface area contributed by atoms with Crippen LogP contribution in [0.25, 0.3) is 0 Å². The van der Waals surface area contributed by atoms with Crippen molar-refractivity contribution in [3.05, 3.63) is 35.8 Å². The SMILES string of the molecule is C=C=C1CN(C(=O)CNC(=O)OC(C)(C)C)[C@H](C(=O)O)C1=C=C. The third-order valence-electron chi connectivity index (χ3n) is 2.98. The van der Waals surface area contributed by atoms with E-state index in [-0.39, 0.29) is 18.7 Å². The monoisotopic (exact) mass is 320 g/mol. The van der Waals surface area contributed by atoms with Gasteiger partial charge < -0.3 is 20.1 Å². The van der Waals surface area contributed by atoms with Gasteiger partial charge in [0, 0.05) is 11.1 Å². The molecule has 0 saturated carbocycles. The Hall–Kier alpha value is -2.75. The predicted octanol–water partition coefficient (Wildman–Crippen LogP) is 1.23. The van der Waals surface area contributed by atoms with E-state index in [0.29, 0.717) is 5.57 Å². The maximum Gasteiger partial charge on any atom is 0.408 e. The molecule has 1 heterocycles. The Labute approximate surface area is 134 Å². The van der Waals surface area contributed by atoms with Crippen molar-refractivity contribution < 1.29 is 24.2 Å². The van der Waals surface area contributed by atoms with E-state index in [4.69, 9.17) is 4.74 Å². The van der Waals surface area contributed by atoms with E-state index in [1.165, 1.54) is 0 Å². The van der Waals surface area contributed by atoms with Crippen molar-refractivity contribution in [1.82, 2.24) is 10.2 Å². The van der Waals surface area contributed by atoms with Gasteiger partial charge in [0.05, 0.1) is 6.54 Å². The molecule has 0 unspecified atom stereocenters. The molecule has 0 radical (unpaired) electrons. The summed E-state index contributed by atoms with van der Waals surface area (Å²) >= 11 is 0. The number of nitrogens with one attached hydrogen (secondary N) is 1. The molecule has 0 aromatic carbocycles. The van der Waals surface area contributed by atoms with E-state index in [1.54, 1.807) is 20.8 Å².